The molecular formula is C17H16N2O. The average Bonchev–Trinajstić information content (AvgIpc) is 2.46. The van der Waals surface area contributed by atoms with Gasteiger partial charge in [0.2, 0.25) is 5.91 Å². The molecule has 100 valence electrons. The van der Waals surface area contributed by atoms with Gasteiger partial charge in [-0.1, -0.05) is 42.0 Å². The molecule has 0 heterocycles. The van der Waals surface area contributed by atoms with Crippen LogP contribution in [0.3, 0.4) is 0 Å². The van der Waals surface area contributed by atoms with E-state index in [4.69, 9.17) is 5.26 Å². The summed E-state index contributed by atoms with van der Waals surface area (Å²) in [6.45, 7) is 2.03. The third-order valence-corrected chi connectivity index (χ3v) is 3.04. The van der Waals surface area contributed by atoms with Crippen molar-refractivity contribution in [2.24, 2.45) is 0 Å². The fourth-order valence-electron chi connectivity index (χ4n) is 2.03. The zero-order chi connectivity index (χ0) is 14.4. The Bertz CT molecular complexity index is 656. The average molecular weight is 264 g/mol. The van der Waals surface area contributed by atoms with E-state index in [1.807, 2.05) is 25.1 Å². The normalized spacial score (nSPS) is 9.80. The van der Waals surface area contributed by atoms with Crippen LogP contribution >= 0.6 is 0 Å². The van der Waals surface area contributed by atoms with Crippen molar-refractivity contribution in [2.75, 3.05) is 5.32 Å². The monoisotopic (exact) mass is 264 g/mol. The molecule has 3 heteroatoms. The molecule has 0 saturated heterocycles. The number of carbonyl (C=O) groups is 1. The number of rotatable bonds is 4. The van der Waals surface area contributed by atoms with Gasteiger partial charge in [-0.3, -0.25) is 4.79 Å². The van der Waals surface area contributed by atoms with Gasteiger partial charge < -0.3 is 5.32 Å². The second-order valence-corrected chi connectivity index (χ2v) is 4.69. The smallest absolute Gasteiger partial charge is 0.224 e. The summed E-state index contributed by atoms with van der Waals surface area (Å²) >= 11 is 0. The Hall–Kier alpha value is -2.60. The molecule has 0 aliphatic heterocycles. The van der Waals surface area contributed by atoms with E-state index in [0.29, 0.717) is 24.1 Å². The second kappa shape index (κ2) is 6.53. The molecule has 2 aromatic rings. The summed E-state index contributed by atoms with van der Waals surface area (Å²) < 4.78 is 0. The first-order chi connectivity index (χ1) is 9.69. The zero-order valence-corrected chi connectivity index (χ0v) is 11.4. The predicted octanol–water partition coefficient (Wildman–Crippen LogP) is 3.44. The molecule has 20 heavy (non-hydrogen) atoms. The van der Waals surface area contributed by atoms with Crippen molar-refractivity contribution in [3.8, 4) is 6.07 Å². The quantitative estimate of drug-likeness (QED) is 0.919. The molecule has 0 unspecified atom stereocenters. The minimum Gasteiger partial charge on any atom is -0.325 e. The lowest BCUT2D eigenvalue weighted by Gasteiger charge is -2.07. The molecule has 0 aliphatic carbocycles. The summed E-state index contributed by atoms with van der Waals surface area (Å²) in [6, 6.07) is 17.2. The summed E-state index contributed by atoms with van der Waals surface area (Å²) in [5.74, 6) is -0.0748. The number of amides is 1. The van der Waals surface area contributed by atoms with E-state index in [9.17, 15) is 4.79 Å². The maximum absolute atomic E-state index is 11.9. The van der Waals surface area contributed by atoms with Gasteiger partial charge in [-0.05, 0) is 31.0 Å². The van der Waals surface area contributed by atoms with Gasteiger partial charge in [-0.2, -0.15) is 5.26 Å². The fraction of sp³-hybridized carbons (Fsp3) is 0.176. The summed E-state index contributed by atoms with van der Waals surface area (Å²) in [6.07, 6.45) is 1.10. The number of nitrogens with one attached hydrogen (secondary N) is 1. The topological polar surface area (TPSA) is 52.9 Å². The molecule has 0 radical (unpaired) electrons. The number of hydrogen-bond acceptors (Lipinski definition) is 2. The van der Waals surface area contributed by atoms with Gasteiger partial charge in [0.05, 0.1) is 11.3 Å². The highest BCUT2D eigenvalue weighted by Gasteiger charge is 2.06. The van der Waals surface area contributed by atoms with E-state index >= 15 is 0 Å². The number of aryl methyl sites for hydroxylation is 2. The van der Waals surface area contributed by atoms with Crippen molar-refractivity contribution < 1.29 is 4.79 Å². The molecule has 0 spiro atoms. The first kappa shape index (κ1) is 13.8. The summed E-state index contributed by atoms with van der Waals surface area (Å²) in [5, 5.41) is 11.8. The Morgan fingerprint density at radius 1 is 1.20 bits per heavy atom. The van der Waals surface area contributed by atoms with Crippen molar-refractivity contribution in [3.63, 3.8) is 0 Å². The molecule has 0 aromatic heterocycles. The van der Waals surface area contributed by atoms with Crippen LogP contribution in [0.15, 0.2) is 48.5 Å². The lowest BCUT2D eigenvalue weighted by atomic mass is 10.1. The summed E-state index contributed by atoms with van der Waals surface area (Å²) in [5.41, 5.74) is 3.40. The van der Waals surface area contributed by atoms with E-state index in [2.05, 4.69) is 17.5 Å². The molecule has 0 atom stereocenters. The largest absolute Gasteiger partial charge is 0.325 e. The van der Waals surface area contributed by atoms with Crippen LogP contribution in [0.1, 0.15) is 23.1 Å². The van der Waals surface area contributed by atoms with Crippen molar-refractivity contribution >= 4 is 11.6 Å². The second-order valence-electron chi connectivity index (χ2n) is 4.69. The van der Waals surface area contributed by atoms with Gasteiger partial charge in [0, 0.05) is 6.42 Å². The Balaban J connectivity index is 1.95. The number of carbonyl (C=O) groups excluding carboxylic acids is 1. The fourth-order valence-corrected chi connectivity index (χ4v) is 2.03. The number of hydrogen-bond donors (Lipinski definition) is 1. The highest BCUT2D eigenvalue weighted by Crippen LogP contribution is 2.14. The predicted molar refractivity (Wildman–Crippen MR) is 79.3 cm³/mol. The Morgan fingerprint density at radius 3 is 2.75 bits per heavy atom. The van der Waals surface area contributed by atoms with E-state index in [-0.39, 0.29) is 5.91 Å². The van der Waals surface area contributed by atoms with Gasteiger partial charge in [-0.15, -0.1) is 0 Å². The minimum absolute atomic E-state index is 0.0748. The third-order valence-electron chi connectivity index (χ3n) is 3.04. The number of nitrogens with zero attached hydrogens (tertiary/aromatic N) is 1. The SMILES string of the molecule is Cc1cccc(CCC(=O)Nc2ccccc2C#N)c1. The molecule has 2 rings (SSSR count). The van der Waals surface area contributed by atoms with Crippen molar-refractivity contribution in [2.45, 2.75) is 19.8 Å². The standard InChI is InChI=1S/C17H16N2O/c1-13-5-4-6-14(11-13)9-10-17(20)19-16-8-3-2-7-15(16)12-18/h2-8,11H,9-10H2,1H3,(H,19,20). The minimum atomic E-state index is -0.0748. The molecule has 0 saturated carbocycles. The molecule has 2 aromatic carbocycles. The van der Waals surface area contributed by atoms with Gasteiger partial charge in [0.25, 0.3) is 0 Å². The molecule has 0 bridgehead atoms. The van der Waals surface area contributed by atoms with Crippen LogP contribution in [0.5, 0.6) is 0 Å². The van der Waals surface area contributed by atoms with Crippen molar-refractivity contribution in [1.29, 1.82) is 5.26 Å². The first-order valence-electron chi connectivity index (χ1n) is 6.53. The van der Waals surface area contributed by atoms with Crippen LogP contribution in [0, 0.1) is 18.3 Å². The van der Waals surface area contributed by atoms with E-state index in [0.717, 1.165) is 5.56 Å². The highest BCUT2D eigenvalue weighted by atomic mass is 16.1. The number of nitriles is 1. The van der Waals surface area contributed by atoms with Crippen LogP contribution in [-0.4, -0.2) is 5.91 Å². The van der Waals surface area contributed by atoms with Gasteiger partial charge in [0.15, 0.2) is 0 Å². The summed E-state index contributed by atoms with van der Waals surface area (Å²) in [7, 11) is 0. The number of benzene rings is 2. The number of para-hydroxylation sites is 1. The van der Waals surface area contributed by atoms with Gasteiger partial charge >= 0.3 is 0 Å². The van der Waals surface area contributed by atoms with Gasteiger partial charge in [0.1, 0.15) is 6.07 Å². The zero-order valence-electron chi connectivity index (χ0n) is 11.4. The third kappa shape index (κ3) is 3.69. The van der Waals surface area contributed by atoms with Crippen LogP contribution < -0.4 is 5.32 Å². The van der Waals surface area contributed by atoms with Crippen LogP contribution in [0.25, 0.3) is 0 Å². The van der Waals surface area contributed by atoms with E-state index < -0.39 is 0 Å². The first-order valence-corrected chi connectivity index (χ1v) is 6.53. The molecule has 3 nitrogen and oxygen atoms in total. The Morgan fingerprint density at radius 2 is 2.00 bits per heavy atom. The van der Waals surface area contributed by atoms with Crippen molar-refractivity contribution in [1.82, 2.24) is 0 Å². The maximum atomic E-state index is 11.9. The van der Waals surface area contributed by atoms with Crippen molar-refractivity contribution in [3.05, 3.63) is 65.2 Å². The molecular weight excluding hydrogens is 248 g/mol. The molecule has 1 N–H and O–H groups in total. The molecule has 1 amide bonds. The molecule has 0 fully saturated rings. The molecule has 0 aliphatic rings. The van der Waals surface area contributed by atoms with Crippen LogP contribution in [0.2, 0.25) is 0 Å². The number of anilines is 1. The lowest BCUT2D eigenvalue weighted by Crippen LogP contribution is -2.13. The lowest BCUT2D eigenvalue weighted by molar-refractivity contribution is -0.116. The van der Waals surface area contributed by atoms with Crippen LogP contribution in [-0.2, 0) is 11.2 Å². The Labute approximate surface area is 118 Å². The Kier molecular flexibility index (Phi) is 4.52. The maximum Gasteiger partial charge on any atom is 0.224 e. The summed E-state index contributed by atoms with van der Waals surface area (Å²) in [4.78, 5) is 11.9. The van der Waals surface area contributed by atoms with E-state index in [1.54, 1.807) is 24.3 Å². The van der Waals surface area contributed by atoms with Crippen LogP contribution in [0.4, 0.5) is 5.69 Å². The van der Waals surface area contributed by atoms with E-state index in [1.165, 1.54) is 5.56 Å². The van der Waals surface area contributed by atoms with Gasteiger partial charge in [-0.25, -0.2) is 0 Å². The highest BCUT2D eigenvalue weighted by molar-refractivity contribution is 5.92.